The second-order valence-electron chi connectivity index (χ2n) is 8.15. The van der Waals surface area contributed by atoms with Gasteiger partial charge >= 0.3 is 5.97 Å². The van der Waals surface area contributed by atoms with Gasteiger partial charge < -0.3 is 25.1 Å². The molecule has 0 spiro atoms. The zero-order valence-electron chi connectivity index (χ0n) is 18.7. The molecule has 2 aliphatic rings. The second-order valence-corrected chi connectivity index (χ2v) is 8.15. The Hall–Kier alpha value is -3.51. The molecule has 3 rings (SSSR count). The molecular formula is C22H28N4O8. The lowest BCUT2D eigenvalue weighted by Crippen LogP contribution is -2.65. The molecule has 4 N–H and O–H groups in total. The molecule has 1 aromatic rings. The standard InChI is InChI=1S/C22H28N4O8/c1-34-15-6-4-13(5-7-15)20(31)24-16-8-9-18(28)25-10-2-3-17(26(25)22(16)33)21(32)23-14(12-27)11-19(29)30/h4-7,12,14,16-17,21,23,32H,2-3,8-11H2,1H3,(H,24,31)(H,29,30)/t14-,16-,17-,21?/m0/s1. The molecule has 2 fully saturated rings. The normalized spacial score (nSPS) is 22.3. The minimum atomic E-state index is -1.47. The monoisotopic (exact) mass is 476 g/mol. The fourth-order valence-electron chi connectivity index (χ4n) is 4.14. The quantitative estimate of drug-likeness (QED) is 0.266. The number of nitrogens with zero attached hydrogens (tertiary/aromatic N) is 2. The first-order valence-electron chi connectivity index (χ1n) is 10.9. The summed E-state index contributed by atoms with van der Waals surface area (Å²) in [5.41, 5.74) is 0.306. The average Bonchev–Trinajstić information content (AvgIpc) is 2.95. The van der Waals surface area contributed by atoms with Gasteiger partial charge in [0.15, 0.2) is 0 Å². The van der Waals surface area contributed by atoms with Crippen LogP contribution in [0, 0.1) is 0 Å². The predicted molar refractivity (Wildman–Crippen MR) is 116 cm³/mol. The maximum atomic E-state index is 13.4. The molecule has 0 aliphatic carbocycles. The number of hydrazine groups is 1. The summed E-state index contributed by atoms with van der Waals surface area (Å²) in [7, 11) is 1.50. The van der Waals surface area contributed by atoms with Gasteiger partial charge in [-0.25, -0.2) is 5.01 Å². The molecule has 2 heterocycles. The number of carbonyl (C=O) groups is 5. The second kappa shape index (κ2) is 11.1. The van der Waals surface area contributed by atoms with E-state index in [1.807, 2.05) is 0 Å². The van der Waals surface area contributed by atoms with Crippen LogP contribution in [0.5, 0.6) is 5.75 Å². The Morgan fingerprint density at radius 1 is 1.24 bits per heavy atom. The lowest BCUT2D eigenvalue weighted by molar-refractivity contribution is -0.181. The van der Waals surface area contributed by atoms with Crippen molar-refractivity contribution in [3.8, 4) is 5.75 Å². The summed E-state index contributed by atoms with van der Waals surface area (Å²) in [6.45, 7) is 0.263. The highest BCUT2D eigenvalue weighted by Gasteiger charge is 2.44. The van der Waals surface area contributed by atoms with Crippen LogP contribution < -0.4 is 15.4 Å². The van der Waals surface area contributed by atoms with Crippen LogP contribution >= 0.6 is 0 Å². The summed E-state index contributed by atoms with van der Waals surface area (Å²) in [6, 6.07) is 3.19. The van der Waals surface area contributed by atoms with Crippen molar-refractivity contribution in [3.05, 3.63) is 29.8 Å². The Morgan fingerprint density at radius 2 is 1.94 bits per heavy atom. The fourth-order valence-corrected chi connectivity index (χ4v) is 4.14. The van der Waals surface area contributed by atoms with Crippen molar-refractivity contribution in [3.63, 3.8) is 0 Å². The van der Waals surface area contributed by atoms with Crippen molar-refractivity contribution in [1.82, 2.24) is 20.7 Å². The number of aldehydes is 1. The highest BCUT2D eigenvalue weighted by Crippen LogP contribution is 2.26. The first-order chi connectivity index (χ1) is 16.2. The summed E-state index contributed by atoms with van der Waals surface area (Å²) < 4.78 is 5.07. The minimum Gasteiger partial charge on any atom is -0.497 e. The van der Waals surface area contributed by atoms with Gasteiger partial charge in [0.05, 0.1) is 25.6 Å². The summed E-state index contributed by atoms with van der Waals surface area (Å²) in [5.74, 6) is -2.07. The molecule has 1 unspecified atom stereocenters. The van der Waals surface area contributed by atoms with Crippen molar-refractivity contribution in [2.45, 2.75) is 56.5 Å². The molecule has 12 heteroatoms. The van der Waals surface area contributed by atoms with Gasteiger partial charge in [0, 0.05) is 18.5 Å². The van der Waals surface area contributed by atoms with Crippen molar-refractivity contribution in [2.24, 2.45) is 0 Å². The number of hydrogen-bond donors (Lipinski definition) is 4. The van der Waals surface area contributed by atoms with Gasteiger partial charge in [-0.15, -0.1) is 0 Å². The topological polar surface area (TPSA) is 166 Å². The highest BCUT2D eigenvalue weighted by atomic mass is 16.5. The van der Waals surface area contributed by atoms with Gasteiger partial charge in [-0.2, -0.15) is 0 Å². The van der Waals surface area contributed by atoms with Crippen LogP contribution in [0.3, 0.4) is 0 Å². The predicted octanol–water partition coefficient (Wildman–Crippen LogP) is -0.728. The SMILES string of the molecule is COc1ccc(C(=O)N[C@H]2CCC(=O)N3CCC[C@@H](C(O)N[C@H](C=O)CC(=O)O)N3C2=O)cc1. The third kappa shape index (κ3) is 5.69. The molecule has 4 atom stereocenters. The molecule has 12 nitrogen and oxygen atoms in total. The zero-order chi connectivity index (χ0) is 24.8. The van der Waals surface area contributed by atoms with E-state index in [0.717, 1.165) is 5.01 Å². The maximum Gasteiger partial charge on any atom is 0.305 e. The number of fused-ring (bicyclic) bond motifs is 1. The van der Waals surface area contributed by atoms with E-state index in [0.29, 0.717) is 30.4 Å². The molecule has 3 amide bonds. The van der Waals surface area contributed by atoms with E-state index in [4.69, 9.17) is 9.84 Å². The zero-order valence-corrected chi connectivity index (χ0v) is 18.7. The van der Waals surface area contributed by atoms with Crippen molar-refractivity contribution in [2.75, 3.05) is 13.7 Å². The van der Waals surface area contributed by atoms with Crippen molar-refractivity contribution >= 4 is 30.0 Å². The van der Waals surface area contributed by atoms with Gasteiger partial charge in [-0.1, -0.05) is 0 Å². The molecule has 0 radical (unpaired) electrons. The molecule has 2 saturated heterocycles. The molecule has 1 aromatic carbocycles. The highest BCUT2D eigenvalue weighted by molar-refractivity contribution is 5.98. The number of nitrogens with one attached hydrogen (secondary N) is 2. The van der Waals surface area contributed by atoms with Crippen molar-refractivity contribution in [1.29, 1.82) is 0 Å². The van der Waals surface area contributed by atoms with Gasteiger partial charge in [-0.05, 0) is 43.5 Å². The van der Waals surface area contributed by atoms with Crippen LogP contribution in [-0.2, 0) is 19.2 Å². The minimum absolute atomic E-state index is 0.0159. The van der Waals surface area contributed by atoms with E-state index >= 15 is 0 Å². The maximum absolute atomic E-state index is 13.4. The smallest absolute Gasteiger partial charge is 0.305 e. The number of aliphatic hydroxyl groups excluding tert-OH is 1. The number of aliphatic hydroxyl groups is 1. The first kappa shape index (κ1) is 25.1. The van der Waals surface area contributed by atoms with Gasteiger partial charge in [0.2, 0.25) is 5.91 Å². The number of aliphatic carboxylic acids is 1. The van der Waals surface area contributed by atoms with Crippen LogP contribution in [0.1, 0.15) is 42.5 Å². The Labute approximate surface area is 195 Å². The van der Waals surface area contributed by atoms with Crippen LogP contribution in [-0.4, -0.2) is 88.2 Å². The number of benzene rings is 1. The summed E-state index contributed by atoms with van der Waals surface area (Å²) >= 11 is 0. The number of carboxylic acid groups (broad SMARTS) is 1. The van der Waals surface area contributed by atoms with Crippen molar-refractivity contribution < 1.29 is 38.9 Å². The third-order valence-corrected chi connectivity index (χ3v) is 5.87. The molecular weight excluding hydrogens is 448 g/mol. The number of carbonyl (C=O) groups excluding carboxylic acids is 4. The number of hydrogen-bond acceptors (Lipinski definition) is 8. The Balaban J connectivity index is 1.79. The Bertz CT molecular complexity index is 937. The summed E-state index contributed by atoms with van der Waals surface area (Å²) in [6.07, 6.45) is -0.755. The molecule has 2 aliphatic heterocycles. The largest absolute Gasteiger partial charge is 0.497 e. The molecule has 0 bridgehead atoms. The first-order valence-corrected chi connectivity index (χ1v) is 10.9. The molecule has 34 heavy (non-hydrogen) atoms. The lowest BCUT2D eigenvalue weighted by Gasteiger charge is -2.45. The van der Waals surface area contributed by atoms with Gasteiger partial charge in [0.1, 0.15) is 24.3 Å². The molecule has 0 saturated carbocycles. The number of rotatable bonds is 9. The Morgan fingerprint density at radius 3 is 2.56 bits per heavy atom. The van der Waals surface area contributed by atoms with Crippen LogP contribution in [0.2, 0.25) is 0 Å². The lowest BCUT2D eigenvalue weighted by atomic mass is 10.0. The van der Waals surface area contributed by atoms with E-state index < -0.39 is 48.6 Å². The van der Waals surface area contributed by atoms with E-state index in [2.05, 4.69) is 10.6 Å². The number of methoxy groups -OCH3 is 1. The van der Waals surface area contributed by atoms with Crippen LogP contribution in [0.25, 0.3) is 0 Å². The summed E-state index contributed by atoms with van der Waals surface area (Å²) in [5, 5.41) is 27.2. The number of ether oxygens (including phenoxy) is 1. The third-order valence-electron chi connectivity index (χ3n) is 5.87. The van der Waals surface area contributed by atoms with Crippen LogP contribution in [0.4, 0.5) is 0 Å². The van der Waals surface area contributed by atoms with E-state index in [1.54, 1.807) is 24.3 Å². The number of amides is 3. The fraction of sp³-hybridized carbons (Fsp3) is 0.500. The molecule has 0 aromatic heterocycles. The van der Waals surface area contributed by atoms with E-state index in [9.17, 15) is 29.1 Å². The van der Waals surface area contributed by atoms with Crippen LogP contribution in [0.15, 0.2) is 24.3 Å². The summed E-state index contributed by atoms with van der Waals surface area (Å²) in [4.78, 5) is 61.1. The number of carboxylic acids is 1. The Kier molecular flexibility index (Phi) is 8.18. The van der Waals surface area contributed by atoms with Gasteiger partial charge in [-0.3, -0.25) is 29.5 Å². The van der Waals surface area contributed by atoms with E-state index in [-0.39, 0.29) is 25.3 Å². The molecule has 184 valence electrons. The average molecular weight is 476 g/mol. The van der Waals surface area contributed by atoms with E-state index in [1.165, 1.54) is 12.1 Å². The van der Waals surface area contributed by atoms with Gasteiger partial charge in [0.25, 0.3) is 11.8 Å².